The monoisotopic (exact) mass is 471 g/mol. The number of nitrogens with zero attached hydrogens (tertiary/aromatic N) is 1. The number of aromatic nitrogens is 1. The lowest BCUT2D eigenvalue weighted by Gasteiger charge is -2.14. The molecule has 0 bridgehead atoms. The Bertz CT molecular complexity index is 1250. The number of benzene rings is 2. The molecule has 2 amide bonds. The third-order valence-electron chi connectivity index (χ3n) is 6.62. The summed E-state index contributed by atoms with van der Waals surface area (Å²) in [7, 11) is 0. The third-order valence-corrected chi connectivity index (χ3v) is 6.62. The Hall–Kier alpha value is -4.20. The van der Waals surface area contributed by atoms with Gasteiger partial charge in [0.2, 0.25) is 5.91 Å². The lowest BCUT2D eigenvalue weighted by Crippen LogP contribution is -2.30. The van der Waals surface area contributed by atoms with E-state index in [1.54, 1.807) is 0 Å². The van der Waals surface area contributed by atoms with Gasteiger partial charge in [0, 0.05) is 24.6 Å². The van der Waals surface area contributed by atoms with Gasteiger partial charge in [-0.05, 0) is 46.7 Å². The number of hydrogen-bond donors (Lipinski definition) is 3. The molecule has 5 rings (SSSR count). The molecule has 0 radical (unpaired) electrons. The predicted molar refractivity (Wildman–Crippen MR) is 128 cm³/mol. The van der Waals surface area contributed by atoms with Crippen LogP contribution in [0.4, 0.5) is 4.79 Å². The van der Waals surface area contributed by atoms with Gasteiger partial charge in [0.15, 0.2) is 0 Å². The van der Waals surface area contributed by atoms with Crippen molar-refractivity contribution in [1.82, 2.24) is 15.6 Å². The van der Waals surface area contributed by atoms with Gasteiger partial charge >= 0.3 is 12.1 Å². The number of nitrogens with one attached hydrogen (secondary N) is 2. The van der Waals surface area contributed by atoms with E-state index in [4.69, 9.17) is 9.84 Å². The minimum atomic E-state index is -1.04. The lowest BCUT2D eigenvalue weighted by atomic mass is 9.98. The van der Waals surface area contributed by atoms with Crippen LogP contribution in [0.2, 0.25) is 0 Å². The number of aromatic carboxylic acids is 1. The highest BCUT2D eigenvalue weighted by atomic mass is 16.5. The molecule has 3 N–H and O–H groups in total. The number of pyridine rings is 1. The number of carbonyl (C=O) groups excluding carboxylic acids is 2. The summed E-state index contributed by atoms with van der Waals surface area (Å²) in [5.41, 5.74) is 5.27. The number of rotatable bonds is 8. The normalized spacial score (nSPS) is 17.7. The summed E-state index contributed by atoms with van der Waals surface area (Å²) in [5, 5.41) is 14.6. The number of amides is 2. The molecule has 2 aliphatic rings. The molecule has 35 heavy (non-hydrogen) atoms. The van der Waals surface area contributed by atoms with Crippen molar-refractivity contribution >= 4 is 18.0 Å². The highest BCUT2D eigenvalue weighted by molar-refractivity contribution is 5.87. The summed E-state index contributed by atoms with van der Waals surface area (Å²) in [6.45, 7) is 0.765. The zero-order valence-corrected chi connectivity index (χ0v) is 18.9. The minimum absolute atomic E-state index is 0.000778. The van der Waals surface area contributed by atoms with Crippen molar-refractivity contribution in [3.8, 4) is 11.1 Å². The summed E-state index contributed by atoms with van der Waals surface area (Å²) >= 11 is 0. The molecule has 8 heteroatoms. The molecular weight excluding hydrogens is 446 g/mol. The maximum Gasteiger partial charge on any atom is 0.407 e. The van der Waals surface area contributed by atoms with Crippen LogP contribution in [-0.2, 0) is 16.1 Å². The van der Waals surface area contributed by atoms with Gasteiger partial charge in [-0.25, -0.2) is 9.59 Å². The van der Waals surface area contributed by atoms with Crippen molar-refractivity contribution in [1.29, 1.82) is 0 Å². The van der Waals surface area contributed by atoms with E-state index < -0.39 is 12.1 Å². The molecule has 2 aliphatic carbocycles. The summed E-state index contributed by atoms with van der Waals surface area (Å²) in [4.78, 5) is 39.9. The van der Waals surface area contributed by atoms with Crippen LogP contribution in [0.15, 0.2) is 66.9 Å². The van der Waals surface area contributed by atoms with Crippen LogP contribution in [0.3, 0.4) is 0 Å². The standard InChI is InChI=1S/C27H25N3O5/c31-25(29-14-18-11-16(26(32)33)9-10-28-18)23-12-17(23)13-30-27(34)35-15-24-21-7-3-1-5-19(21)20-6-2-4-8-22(20)24/h1-11,17,23-24H,12-15H2,(H,29,31)(H,30,34)(H,32,33)/t17-,23-/m0/s1. The third kappa shape index (κ3) is 4.87. The van der Waals surface area contributed by atoms with Crippen molar-refractivity contribution in [3.63, 3.8) is 0 Å². The number of carboxylic acid groups (broad SMARTS) is 1. The summed E-state index contributed by atoms with van der Waals surface area (Å²) < 4.78 is 5.54. The summed E-state index contributed by atoms with van der Waals surface area (Å²) in [5.74, 6) is -1.31. The average Bonchev–Trinajstić information content (AvgIpc) is 3.60. The zero-order valence-electron chi connectivity index (χ0n) is 18.9. The highest BCUT2D eigenvalue weighted by Gasteiger charge is 2.43. The second kappa shape index (κ2) is 9.58. The fourth-order valence-electron chi connectivity index (χ4n) is 4.67. The Balaban J connectivity index is 1.07. The number of carboxylic acids is 1. The second-order valence-corrected chi connectivity index (χ2v) is 8.87. The first-order valence-corrected chi connectivity index (χ1v) is 11.6. The molecule has 1 aromatic heterocycles. The molecule has 1 saturated carbocycles. The van der Waals surface area contributed by atoms with E-state index in [0.717, 1.165) is 11.1 Å². The summed E-state index contributed by atoms with van der Waals surface area (Å²) in [6, 6.07) is 19.2. The average molecular weight is 472 g/mol. The van der Waals surface area contributed by atoms with Crippen LogP contribution in [0, 0.1) is 11.8 Å². The van der Waals surface area contributed by atoms with Gasteiger partial charge in [-0.3, -0.25) is 9.78 Å². The van der Waals surface area contributed by atoms with Crippen LogP contribution in [0.5, 0.6) is 0 Å². The van der Waals surface area contributed by atoms with E-state index >= 15 is 0 Å². The minimum Gasteiger partial charge on any atom is -0.478 e. The summed E-state index contributed by atoms with van der Waals surface area (Å²) in [6.07, 6.45) is 1.59. The Morgan fingerprint density at radius 1 is 0.971 bits per heavy atom. The van der Waals surface area contributed by atoms with E-state index in [2.05, 4.69) is 39.9 Å². The Labute approximate surface area is 202 Å². The molecular formula is C27H25N3O5. The lowest BCUT2D eigenvalue weighted by molar-refractivity contribution is -0.122. The Kier molecular flexibility index (Phi) is 6.18. The van der Waals surface area contributed by atoms with Crippen LogP contribution in [-0.4, -0.2) is 41.2 Å². The quantitative estimate of drug-likeness (QED) is 0.462. The molecule has 0 aliphatic heterocycles. The van der Waals surface area contributed by atoms with Crippen molar-refractivity contribution in [2.75, 3.05) is 13.2 Å². The van der Waals surface area contributed by atoms with Crippen LogP contribution in [0.25, 0.3) is 11.1 Å². The molecule has 0 spiro atoms. The van der Waals surface area contributed by atoms with Crippen LogP contribution < -0.4 is 10.6 Å². The Morgan fingerprint density at radius 3 is 2.34 bits per heavy atom. The van der Waals surface area contributed by atoms with Gasteiger partial charge in [0.1, 0.15) is 6.61 Å². The van der Waals surface area contributed by atoms with Gasteiger partial charge in [-0.2, -0.15) is 0 Å². The number of carbonyl (C=O) groups is 3. The van der Waals surface area contributed by atoms with E-state index in [0.29, 0.717) is 18.7 Å². The first kappa shape index (κ1) is 22.6. The smallest absolute Gasteiger partial charge is 0.407 e. The molecule has 2 atom stereocenters. The zero-order chi connectivity index (χ0) is 24.4. The van der Waals surface area contributed by atoms with Crippen molar-refractivity contribution in [3.05, 3.63) is 89.2 Å². The SMILES string of the molecule is O=C(NC[C@@H]1C[C@@H]1C(=O)NCc1cc(C(=O)O)ccn1)OCC1c2ccccc2-c2ccccc21. The van der Waals surface area contributed by atoms with Crippen molar-refractivity contribution < 1.29 is 24.2 Å². The molecule has 0 saturated heterocycles. The molecule has 8 nitrogen and oxygen atoms in total. The molecule has 178 valence electrons. The number of alkyl carbamates (subject to hydrolysis) is 1. The van der Waals surface area contributed by atoms with Gasteiger partial charge in [-0.1, -0.05) is 48.5 Å². The molecule has 3 aromatic rings. The second-order valence-electron chi connectivity index (χ2n) is 8.87. The maximum atomic E-state index is 12.4. The van der Waals surface area contributed by atoms with Gasteiger partial charge in [0.05, 0.1) is 17.8 Å². The van der Waals surface area contributed by atoms with E-state index in [1.807, 2.05) is 24.3 Å². The van der Waals surface area contributed by atoms with Gasteiger partial charge in [0.25, 0.3) is 0 Å². The van der Waals surface area contributed by atoms with E-state index in [1.165, 1.54) is 29.5 Å². The van der Waals surface area contributed by atoms with Crippen molar-refractivity contribution in [2.45, 2.75) is 18.9 Å². The van der Waals surface area contributed by atoms with E-state index in [-0.39, 0.29) is 42.4 Å². The van der Waals surface area contributed by atoms with Crippen molar-refractivity contribution in [2.24, 2.45) is 11.8 Å². The largest absolute Gasteiger partial charge is 0.478 e. The Morgan fingerprint density at radius 2 is 1.66 bits per heavy atom. The first-order valence-electron chi connectivity index (χ1n) is 11.6. The maximum absolute atomic E-state index is 12.4. The van der Waals surface area contributed by atoms with E-state index in [9.17, 15) is 14.4 Å². The van der Waals surface area contributed by atoms with Crippen LogP contribution in [0.1, 0.15) is 39.5 Å². The molecule has 1 heterocycles. The number of hydrogen-bond acceptors (Lipinski definition) is 5. The van der Waals surface area contributed by atoms with Gasteiger partial charge in [-0.15, -0.1) is 0 Å². The molecule has 0 unspecified atom stereocenters. The van der Waals surface area contributed by atoms with Crippen LogP contribution >= 0.6 is 0 Å². The van der Waals surface area contributed by atoms with Gasteiger partial charge < -0.3 is 20.5 Å². The fraction of sp³-hybridized carbons (Fsp3) is 0.259. The predicted octanol–water partition coefficient (Wildman–Crippen LogP) is 3.57. The molecule has 1 fully saturated rings. The molecule has 2 aromatic carbocycles. The fourth-order valence-corrected chi connectivity index (χ4v) is 4.67. The number of ether oxygens (including phenoxy) is 1. The topological polar surface area (TPSA) is 118 Å². The highest BCUT2D eigenvalue weighted by Crippen LogP contribution is 2.44. The number of fused-ring (bicyclic) bond motifs is 3. The first-order chi connectivity index (χ1) is 17.0.